The highest BCUT2D eigenvalue weighted by molar-refractivity contribution is 5.93. The van der Waals surface area contributed by atoms with E-state index >= 15 is 0 Å². The summed E-state index contributed by atoms with van der Waals surface area (Å²) in [5.41, 5.74) is 3.55. The van der Waals surface area contributed by atoms with E-state index in [0.717, 1.165) is 29.6 Å². The van der Waals surface area contributed by atoms with Crippen molar-refractivity contribution in [2.24, 2.45) is 14.1 Å². The average Bonchev–Trinajstić information content (AvgIpc) is 3.11. The molecule has 0 amide bonds. The molecule has 3 aromatic rings. The van der Waals surface area contributed by atoms with Gasteiger partial charge in [0.05, 0.1) is 16.6 Å². The molecule has 2 aromatic heterocycles. The summed E-state index contributed by atoms with van der Waals surface area (Å²) in [7, 11) is 3.32. The molecule has 0 atom stereocenters. The van der Waals surface area contributed by atoms with Gasteiger partial charge < -0.3 is 4.57 Å². The van der Waals surface area contributed by atoms with Gasteiger partial charge in [0.15, 0.2) is 0 Å². The zero-order valence-electron chi connectivity index (χ0n) is 18.2. The maximum absolute atomic E-state index is 13.2. The summed E-state index contributed by atoms with van der Waals surface area (Å²) in [6.07, 6.45) is 7.94. The number of nitrogens with zero attached hydrogens (tertiary/aromatic N) is 3. The number of rotatable bonds is 2. The Hall–Kier alpha value is -2.56. The first-order valence-corrected chi connectivity index (χ1v) is 10.6. The molecule has 29 heavy (non-hydrogen) atoms. The van der Waals surface area contributed by atoms with Crippen molar-refractivity contribution < 1.29 is 0 Å². The third kappa shape index (κ3) is 3.26. The fourth-order valence-corrected chi connectivity index (χ4v) is 4.63. The summed E-state index contributed by atoms with van der Waals surface area (Å²) >= 11 is 0. The molecule has 0 unspecified atom stereocenters. The lowest BCUT2D eigenvalue weighted by molar-refractivity contribution is 0.357. The van der Waals surface area contributed by atoms with Crippen LogP contribution in [0.1, 0.15) is 64.5 Å². The lowest BCUT2D eigenvalue weighted by Crippen LogP contribution is -2.36. The van der Waals surface area contributed by atoms with Crippen molar-refractivity contribution in [1.82, 2.24) is 13.7 Å². The summed E-state index contributed by atoms with van der Waals surface area (Å²) in [4.78, 5) is 25.7. The number of benzene rings is 1. The van der Waals surface area contributed by atoms with E-state index in [-0.39, 0.29) is 16.7 Å². The van der Waals surface area contributed by atoms with Gasteiger partial charge in [-0.15, -0.1) is 0 Å². The second-order valence-electron chi connectivity index (χ2n) is 9.47. The minimum atomic E-state index is -0.280. The van der Waals surface area contributed by atoms with Gasteiger partial charge in [0.1, 0.15) is 0 Å². The zero-order chi connectivity index (χ0) is 20.9. The molecule has 0 aliphatic heterocycles. The Kier molecular flexibility index (Phi) is 4.80. The quantitative estimate of drug-likeness (QED) is 0.643. The summed E-state index contributed by atoms with van der Waals surface area (Å²) in [6.45, 7) is 6.61. The zero-order valence-corrected chi connectivity index (χ0v) is 18.2. The van der Waals surface area contributed by atoms with Crippen molar-refractivity contribution in [3.63, 3.8) is 0 Å². The van der Waals surface area contributed by atoms with E-state index < -0.39 is 0 Å². The van der Waals surface area contributed by atoms with Crippen molar-refractivity contribution in [2.75, 3.05) is 0 Å². The molecule has 0 N–H and O–H groups in total. The maximum atomic E-state index is 13.2. The Bertz CT molecular complexity index is 1160. The van der Waals surface area contributed by atoms with E-state index in [1.807, 2.05) is 6.20 Å². The highest BCUT2D eigenvalue weighted by Gasteiger charge is 2.25. The molecule has 0 bridgehead atoms. The van der Waals surface area contributed by atoms with E-state index in [9.17, 15) is 9.59 Å². The Morgan fingerprint density at radius 3 is 2.10 bits per heavy atom. The van der Waals surface area contributed by atoms with Crippen LogP contribution in [0, 0.1) is 0 Å². The predicted octanol–water partition coefficient (Wildman–Crippen LogP) is 4.51. The second kappa shape index (κ2) is 7.05. The molecule has 5 nitrogen and oxygen atoms in total. The van der Waals surface area contributed by atoms with Gasteiger partial charge in [-0.05, 0) is 29.4 Å². The van der Waals surface area contributed by atoms with Gasteiger partial charge in [0.25, 0.3) is 5.56 Å². The minimum absolute atomic E-state index is 0.0754. The summed E-state index contributed by atoms with van der Waals surface area (Å²) < 4.78 is 5.10. The molecule has 0 spiro atoms. The first kappa shape index (κ1) is 19.7. The lowest BCUT2D eigenvalue weighted by atomic mass is 9.86. The van der Waals surface area contributed by atoms with Gasteiger partial charge in [0, 0.05) is 26.3 Å². The first-order chi connectivity index (χ1) is 13.7. The smallest absolute Gasteiger partial charge is 0.330 e. The molecule has 1 fully saturated rings. The van der Waals surface area contributed by atoms with Gasteiger partial charge in [-0.25, -0.2) is 4.79 Å². The van der Waals surface area contributed by atoms with Crippen molar-refractivity contribution >= 4 is 10.9 Å². The van der Waals surface area contributed by atoms with Crippen LogP contribution in [0.3, 0.4) is 0 Å². The van der Waals surface area contributed by atoms with Crippen molar-refractivity contribution in [1.29, 1.82) is 0 Å². The molecular formula is C24H31N3O2. The summed E-state index contributed by atoms with van der Waals surface area (Å²) in [5.74, 6) is 0. The highest BCUT2D eigenvalue weighted by atomic mass is 16.2. The standard InChI is InChI=1S/C24H31N3O2/c1-24(2,3)17-13-11-16(12-14-17)21-20-19(25(4)23(29)26(5)22(20)28)15-27(21)18-9-7-6-8-10-18/h11-15,18H,6-10H2,1-5H3. The number of fused-ring (bicyclic) bond motifs is 1. The van der Waals surface area contributed by atoms with Gasteiger partial charge in [0.2, 0.25) is 0 Å². The molecule has 5 heteroatoms. The molecule has 4 rings (SSSR count). The predicted molar refractivity (Wildman–Crippen MR) is 119 cm³/mol. The average molecular weight is 394 g/mol. The van der Waals surface area contributed by atoms with E-state index in [1.54, 1.807) is 18.7 Å². The van der Waals surface area contributed by atoms with Crippen LogP contribution in [-0.2, 0) is 19.5 Å². The summed E-state index contributed by atoms with van der Waals surface area (Å²) in [5, 5.41) is 0.642. The topological polar surface area (TPSA) is 48.9 Å². The van der Waals surface area contributed by atoms with E-state index in [1.165, 1.54) is 29.4 Å². The van der Waals surface area contributed by atoms with Crippen LogP contribution < -0.4 is 11.2 Å². The van der Waals surface area contributed by atoms with Crippen LogP contribution in [0.25, 0.3) is 22.2 Å². The van der Waals surface area contributed by atoms with Gasteiger partial charge in [-0.2, -0.15) is 0 Å². The number of hydrogen-bond acceptors (Lipinski definition) is 2. The van der Waals surface area contributed by atoms with E-state index in [0.29, 0.717) is 11.4 Å². The molecule has 154 valence electrons. The van der Waals surface area contributed by atoms with Crippen LogP contribution in [-0.4, -0.2) is 13.7 Å². The first-order valence-electron chi connectivity index (χ1n) is 10.6. The molecule has 2 heterocycles. The minimum Gasteiger partial charge on any atom is -0.342 e. The fraction of sp³-hybridized carbons (Fsp3) is 0.500. The molecule has 1 aliphatic rings. The van der Waals surface area contributed by atoms with Gasteiger partial charge in [-0.1, -0.05) is 64.3 Å². The van der Waals surface area contributed by atoms with Crippen molar-refractivity contribution in [3.05, 3.63) is 56.9 Å². The van der Waals surface area contributed by atoms with Crippen LogP contribution in [0.2, 0.25) is 0 Å². The van der Waals surface area contributed by atoms with Crippen molar-refractivity contribution in [3.8, 4) is 11.3 Å². The SMILES string of the molecule is Cn1c(=O)c2c(-c3ccc(C(C)(C)C)cc3)n(C3CCCCC3)cc2n(C)c1=O. The van der Waals surface area contributed by atoms with Crippen molar-refractivity contribution in [2.45, 2.75) is 64.3 Å². The Labute approximate surface area is 171 Å². The van der Waals surface area contributed by atoms with E-state index in [2.05, 4.69) is 49.6 Å². The highest BCUT2D eigenvalue weighted by Crippen LogP contribution is 2.37. The number of aryl methyl sites for hydroxylation is 1. The normalized spacial score (nSPS) is 15.9. The third-order valence-corrected chi connectivity index (χ3v) is 6.46. The Morgan fingerprint density at radius 1 is 0.897 bits per heavy atom. The molecule has 1 aromatic carbocycles. The summed E-state index contributed by atoms with van der Waals surface area (Å²) in [6, 6.07) is 8.93. The molecule has 0 saturated heterocycles. The lowest BCUT2D eigenvalue weighted by Gasteiger charge is -2.26. The molecule has 1 saturated carbocycles. The van der Waals surface area contributed by atoms with E-state index in [4.69, 9.17) is 0 Å². The van der Waals surface area contributed by atoms with Gasteiger partial charge in [-0.3, -0.25) is 13.9 Å². The molecule has 1 aliphatic carbocycles. The Morgan fingerprint density at radius 2 is 1.52 bits per heavy atom. The monoisotopic (exact) mass is 393 g/mol. The van der Waals surface area contributed by atoms with Crippen LogP contribution in [0.4, 0.5) is 0 Å². The van der Waals surface area contributed by atoms with Gasteiger partial charge >= 0.3 is 5.69 Å². The fourth-order valence-electron chi connectivity index (χ4n) is 4.63. The largest absolute Gasteiger partial charge is 0.342 e. The second-order valence-corrected chi connectivity index (χ2v) is 9.47. The number of hydrogen-bond donors (Lipinski definition) is 0. The maximum Gasteiger partial charge on any atom is 0.330 e. The Balaban J connectivity index is 2.02. The molecule has 0 radical (unpaired) electrons. The van der Waals surface area contributed by atoms with Crippen LogP contribution >= 0.6 is 0 Å². The molecular weight excluding hydrogens is 362 g/mol. The van der Waals surface area contributed by atoms with Crippen LogP contribution in [0.15, 0.2) is 40.1 Å². The number of aromatic nitrogens is 3. The van der Waals surface area contributed by atoms with Crippen LogP contribution in [0.5, 0.6) is 0 Å². The third-order valence-electron chi connectivity index (χ3n) is 6.46.